The maximum absolute atomic E-state index is 13.2. The number of fused-ring (bicyclic) bond motifs is 2. The van der Waals surface area contributed by atoms with Crippen molar-refractivity contribution in [1.82, 2.24) is 14.0 Å². The molecule has 0 saturated carbocycles. The van der Waals surface area contributed by atoms with Crippen LogP contribution >= 0.6 is 0 Å². The molecule has 1 atom stereocenters. The highest BCUT2D eigenvalue weighted by Crippen LogP contribution is 2.38. The molecule has 3 amide bonds. The molecular formula is C37H40N6O7. The number of aliphatic imine (C=N–C) groups is 1. The Labute approximate surface area is 289 Å². The average molecular weight is 681 g/mol. The maximum Gasteiger partial charge on any atom is 0.354 e. The summed E-state index contributed by atoms with van der Waals surface area (Å²) in [5.41, 5.74) is 4.64. The Morgan fingerprint density at radius 2 is 1.66 bits per heavy atom. The molecule has 0 bridgehead atoms. The third-order valence-corrected chi connectivity index (χ3v) is 8.91. The summed E-state index contributed by atoms with van der Waals surface area (Å²) in [6.45, 7) is 0.954. The van der Waals surface area contributed by atoms with Crippen LogP contribution in [0.25, 0.3) is 11.1 Å². The molecule has 4 aromatic rings. The van der Waals surface area contributed by atoms with Gasteiger partial charge in [0.15, 0.2) is 11.5 Å². The molecule has 0 radical (unpaired) electrons. The first-order valence-electron chi connectivity index (χ1n) is 16.5. The number of aryl methyl sites for hydroxylation is 2. The lowest BCUT2D eigenvalue weighted by atomic mass is 10.0. The van der Waals surface area contributed by atoms with Gasteiger partial charge in [-0.3, -0.25) is 19.4 Å². The minimum absolute atomic E-state index is 0.00305. The highest BCUT2D eigenvalue weighted by atomic mass is 16.5. The van der Waals surface area contributed by atoms with Crippen LogP contribution in [0.3, 0.4) is 0 Å². The zero-order valence-electron chi connectivity index (χ0n) is 28.5. The number of anilines is 2. The minimum Gasteiger partial charge on any atom is -0.493 e. The molecule has 1 fully saturated rings. The molecule has 0 aliphatic carbocycles. The van der Waals surface area contributed by atoms with Crippen molar-refractivity contribution in [2.75, 3.05) is 38.0 Å². The minimum atomic E-state index is -0.418. The number of carbonyl (C=O) groups excluding carboxylic acids is 4. The number of amides is 3. The van der Waals surface area contributed by atoms with E-state index < -0.39 is 5.97 Å². The summed E-state index contributed by atoms with van der Waals surface area (Å²) in [6, 6.07) is 14.0. The fourth-order valence-corrected chi connectivity index (χ4v) is 6.25. The number of benzene rings is 2. The van der Waals surface area contributed by atoms with E-state index in [4.69, 9.17) is 14.2 Å². The van der Waals surface area contributed by atoms with E-state index in [9.17, 15) is 19.2 Å². The molecule has 2 aromatic carbocycles. The van der Waals surface area contributed by atoms with Crippen molar-refractivity contribution in [1.29, 1.82) is 0 Å². The zero-order valence-corrected chi connectivity index (χ0v) is 28.5. The van der Waals surface area contributed by atoms with Crippen LogP contribution in [0.15, 0.2) is 65.9 Å². The van der Waals surface area contributed by atoms with Crippen molar-refractivity contribution in [2.45, 2.75) is 38.1 Å². The van der Waals surface area contributed by atoms with Gasteiger partial charge >= 0.3 is 5.97 Å². The van der Waals surface area contributed by atoms with Gasteiger partial charge in [-0.1, -0.05) is 12.1 Å². The molecule has 6 rings (SSSR count). The summed E-state index contributed by atoms with van der Waals surface area (Å²) in [5.74, 6) is -0.141. The molecule has 2 aliphatic heterocycles. The Hall–Kier alpha value is -5.85. The molecule has 2 aliphatic rings. The summed E-state index contributed by atoms with van der Waals surface area (Å²) in [5, 5.41) is 5.73. The SMILES string of the molecule is COC(=O)c1cc(-c2ccc(NC(=O)c3cc(NC(=O)CCCOc4cc5c(cc4OC)C(=O)N4CCCCC4C=N5)cn3C)cc2)cn1C. The van der Waals surface area contributed by atoms with Crippen molar-refractivity contribution >= 4 is 47.0 Å². The molecule has 13 nitrogen and oxygen atoms in total. The Morgan fingerprint density at radius 1 is 0.880 bits per heavy atom. The number of esters is 1. The molecule has 4 heterocycles. The second-order valence-electron chi connectivity index (χ2n) is 12.3. The standard InChI is InChI=1S/C37H40N6O7/c1-41-21-24(16-31(41)37(47)49-4)23-10-12-25(13-11-23)40-35(45)30-17-26(22-42(30)2)39-34(44)9-7-15-50-33-19-29-28(18-32(33)48-3)36(46)43-14-6-5-8-27(43)20-38-29/h10-13,16-22,27H,5-9,14-15H2,1-4H3,(H,39,44)(H,40,45). The van der Waals surface area contributed by atoms with E-state index in [0.29, 0.717) is 58.5 Å². The maximum atomic E-state index is 13.2. The zero-order chi connectivity index (χ0) is 35.4. The topological polar surface area (TPSA) is 145 Å². The van der Waals surface area contributed by atoms with Crippen LogP contribution in [0.5, 0.6) is 11.5 Å². The van der Waals surface area contributed by atoms with Gasteiger partial charge in [0.25, 0.3) is 11.8 Å². The molecule has 1 unspecified atom stereocenters. The van der Waals surface area contributed by atoms with E-state index in [2.05, 4.69) is 15.6 Å². The van der Waals surface area contributed by atoms with Crippen molar-refractivity contribution in [3.05, 3.63) is 77.9 Å². The van der Waals surface area contributed by atoms with Gasteiger partial charge in [0, 0.05) is 63.0 Å². The van der Waals surface area contributed by atoms with Crippen LogP contribution in [-0.2, 0) is 23.6 Å². The third-order valence-electron chi connectivity index (χ3n) is 8.91. The first-order chi connectivity index (χ1) is 24.1. The smallest absolute Gasteiger partial charge is 0.354 e. The van der Waals surface area contributed by atoms with E-state index in [1.54, 1.807) is 65.8 Å². The van der Waals surface area contributed by atoms with Crippen LogP contribution in [0.4, 0.5) is 17.1 Å². The predicted octanol–water partition coefficient (Wildman–Crippen LogP) is 5.59. The Morgan fingerprint density at radius 3 is 2.42 bits per heavy atom. The number of hydrogen-bond donors (Lipinski definition) is 2. The van der Waals surface area contributed by atoms with Crippen LogP contribution < -0.4 is 20.1 Å². The molecular weight excluding hydrogens is 640 g/mol. The fourth-order valence-electron chi connectivity index (χ4n) is 6.25. The number of ether oxygens (including phenoxy) is 3. The van der Waals surface area contributed by atoms with E-state index in [1.807, 2.05) is 29.4 Å². The lowest BCUT2D eigenvalue weighted by Crippen LogP contribution is -2.43. The number of methoxy groups -OCH3 is 2. The molecule has 2 N–H and O–H groups in total. The predicted molar refractivity (Wildman–Crippen MR) is 189 cm³/mol. The Balaban J connectivity index is 1.00. The van der Waals surface area contributed by atoms with Gasteiger partial charge < -0.3 is 38.9 Å². The van der Waals surface area contributed by atoms with E-state index in [0.717, 1.165) is 30.4 Å². The van der Waals surface area contributed by atoms with Crippen molar-refractivity contribution in [3.63, 3.8) is 0 Å². The van der Waals surface area contributed by atoms with Crippen LogP contribution in [0, 0.1) is 0 Å². The summed E-state index contributed by atoms with van der Waals surface area (Å²) in [4.78, 5) is 57.5. The van der Waals surface area contributed by atoms with E-state index in [-0.39, 0.29) is 36.8 Å². The summed E-state index contributed by atoms with van der Waals surface area (Å²) < 4.78 is 19.7. The van der Waals surface area contributed by atoms with Crippen LogP contribution in [0.2, 0.25) is 0 Å². The number of rotatable bonds is 11. The van der Waals surface area contributed by atoms with Crippen molar-refractivity contribution in [3.8, 4) is 22.6 Å². The van der Waals surface area contributed by atoms with Gasteiger partial charge in [0.1, 0.15) is 11.4 Å². The summed E-state index contributed by atoms with van der Waals surface area (Å²) in [7, 11) is 6.37. The van der Waals surface area contributed by atoms with E-state index in [1.165, 1.54) is 14.2 Å². The molecule has 2 aromatic heterocycles. The lowest BCUT2D eigenvalue weighted by molar-refractivity contribution is -0.116. The first kappa shape index (κ1) is 34.0. The second-order valence-corrected chi connectivity index (χ2v) is 12.3. The number of nitrogens with one attached hydrogen (secondary N) is 2. The fraction of sp³-hybridized carbons (Fsp3) is 0.324. The summed E-state index contributed by atoms with van der Waals surface area (Å²) >= 11 is 0. The molecule has 0 spiro atoms. The highest BCUT2D eigenvalue weighted by molar-refractivity contribution is 6.05. The van der Waals surface area contributed by atoms with Crippen LogP contribution in [-0.4, -0.2) is 77.4 Å². The highest BCUT2D eigenvalue weighted by Gasteiger charge is 2.31. The molecule has 1 saturated heterocycles. The van der Waals surface area contributed by atoms with Gasteiger partial charge in [0.05, 0.1) is 43.8 Å². The lowest BCUT2D eigenvalue weighted by Gasteiger charge is -2.32. The number of aromatic nitrogens is 2. The average Bonchev–Trinajstić information content (AvgIpc) is 3.66. The van der Waals surface area contributed by atoms with Gasteiger partial charge in [0.2, 0.25) is 5.91 Å². The van der Waals surface area contributed by atoms with E-state index >= 15 is 0 Å². The molecule has 50 heavy (non-hydrogen) atoms. The number of piperidine rings is 1. The number of carbonyl (C=O) groups is 4. The second kappa shape index (κ2) is 14.7. The largest absolute Gasteiger partial charge is 0.493 e. The van der Waals surface area contributed by atoms with Gasteiger partial charge in [-0.05, 0) is 61.6 Å². The van der Waals surface area contributed by atoms with Gasteiger partial charge in [-0.25, -0.2) is 4.79 Å². The van der Waals surface area contributed by atoms with Gasteiger partial charge in [-0.2, -0.15) is 0 Å². The molecule has 13 heteroatoms. The number of nitrogens with zero attached hydrogens (tertiary/aromatic N) is 4. The van der Waals surface area contributed by atoms with Crippen molar-refractivity contribution < 1.29 is 33.4 Å². The normalized spacial score (nSPS) is 15.1. The Bertz CT molecular complexity index is 1960. The first-order valence-corrected chi connectivity index (χ1v) is 16.5. The molecule has 260 valence electrons. The third kappa shape index (κ3) is 7.26. The van der Waals surface area contributed by atoms with Crippen LogP contribution in [0.1, 0.15) is 63.4 Å². The Kier molecular flexibility index (Phi) is 10.0. The summed E-state index contributed by atoms with van der Waals surface area (Å²) in [6.07, 6.45) is 8.91. The van der Waals surface area contributed by atoms with Crippen molar-refractivity contribution in [2.24, 2.45) is 19.1 Å². The monoisotopic (exact) mass is 680 g/mol. The van der Waals surface area contributed by atoms with Gasteiger partial charge in [-0.15, -0.1) is 0 Å². The number of hydrogen-bond acceptors (Lipinski definition) is 8. The quantitative estimate of drug-likeness (QED) is 0.155.